The summed E-state index contributed by atoms with van der Waals surface area (Å²) in [5, 5.41) is 0. The van der Waals surface area contributed by atoms with Crippen LogP contribution >= 0.6 is 0 Å². The summed E-state index contributed by atoms with van der Waals surface area (Å²) < 4.78 is 26.6. The third-order valence-electron chi connectivity index (χ3n) is 7.57. The number of rotatable bonds is 6. The van der Waals surface area contributed by atoms with E-state index < -0.39 is 5.41 Å². The van der Waals surface area contributed by atoms with E-state index in [2.05, 4.69) is 12.2 Å². The molecule has 0 bridgehead atoms. The third kappa shape index (κ3) is 3.99. The minimum absolute atomic E-state index is 0.0751. The summed E-state index contributed by atoms with van der Waals surface area (Å²) in [6.45, 7) is 2.50. The van der Waals surface area contributed by atoms with Crippen LogP contribution in [0, 0.1) is 17.2 Å². The lowest BCUT2D eigenvalue weighted by Crippen LogP contribution is -2.34. The zero-order chi connectivity index (χ0) is 24.6. The lowest BCUT2D eigenvalue weighted by atomic mass is 9.69. The SMILES string of the molecule is COc1ccc(-c2ccc([C@H]3[C@@H]4C=CCC[C@@]4(C)C(=O)N3Cc3ccccc3)c(F)c2)cc1OC. The van der Waals surface area contributed by atoms with Crippen LogP contribution in [0.25, 0.3) is 11.1 Å². The Hall–Kier alpha value is -3.60. The van der Waals surface area contributed by atoms with Gasteiger partial charge >= 0.3 is 0 Å². The average Bonchev–Trinajstić information content (AvgIpc) is 3.10. The molecule has 3 atom stereocenters. The summed E-state index contributed by atoms with van der Waals surface area (Å²) in [4.78, 5) is 15.6. The molecule has 1 fully saturated rings. The number of amides is 1. The molecule has 0 N–H and O–H groups in total. The van der Waals surface area contributed by atoms with Gasteiger partial charge in [-0.25, -0.2) is 4.39 Å². The van der Waals surface area contributed by atoms with E-state index in [-0.39, 0.29) is 23.7 Å². The largest absolute Gasteiger partial charge is 0.493 e. The Morgan fingerprint density at radius 1 is 0.971 bits per heavy atom. The minimum atomic E-state index is -0.525. The number of ether oxygens (including phenoxy) is 2. The molecule has 0 saturated carbocycles. The summed E-state index contributed by atoms with van der Waals surface area (Å²) in [6.07, 6.45) is 5.90. The van der Waals surface area contributed by atoms with Gasteiger partial charge < -0.3 is 14.4 Å². The Morgan fingerprint density at radius 3 is 2.40 bits per heavy atom. The number of fused-ring (bicyclic) bond motifs is 1. The van der Waals surface area contributed by atoms with E-state index in [0.717, 1.165) is 29.5 Å². The topological polar surface area (TPSA) is 38.8 Å². The van der Waals surface area contributed by atoms with E-state index in [1.807, 2.05) is 72.5 Å². The molecule has 3 aromatic carbocycles. The lowest BCUT2D eigenvalue weighted by Gasteiger charge is -2.32. The van der Waals surface area contributed by atoms with Crippen LogP contribution in [0.4, 0.5) is 4.39 Å². The van der Waals surface area contributed by atoms with Gasteiger partial charge in [0.25, 0.3) is 0 Å². The van der Waals surface area contributed by atoms with Gasteiger partial charge in [0.15, 0.2) is 11.5 Å². The van der Waals surface area contributed by atoms with Crippen molar-refractivity contribution < 1.29 is 18.7 Å². The number of nitrogens with zero attached hydrogens (tertiary/aromatic N) is 1. The quantitative estimate of drug-likeness (QED) is 0.382. The predicted molar refractivity (Wildman–Crippen MR) is 135 cm³/mol. The van der Waals surface area contributed by atoms with Gasteiger partial charge in [-0.15, -0.1) is 0 Å². The van der Waals surface area contributed by atoms with Gasteiger partial charge in [0, 0.05) is 18.0 Å². The van der Waals surface area contributed by atoms with Crippen LogP contribution < -0.4 is 9.47 Å². The molecular weight excluding hydrogens is 441 g/mol. The molecule has 0 aromatic heterocycles. The summed E-state index contributed by atoms with van der Waals surface area (Å²) >= 11 is 0. The molecule has 0 radical (unpaired) electrons. The first kappa shape index (κ1) is 23.2. The Balaban J connectivity index is 1.55. The summed E-state index contributed by atoms with van der Waals surface area (Å²) in [5.74, 6) is 0.931. The van der Waals surface area contributed by atoms with Gasteiger partial charge in [-0.1, -0.05) is 67.6 Å². The molecule has 5 heteroatoms. The highest BCUT2D eigenvalue weighted by Crippen LogP contribution is 2.55. The maximum atomic E-state index is 15.8. The second kappa shape index (κ2) is 9.21. The number of hydrogen-bond donors (Lipinski definition) is 0. The molecule has 3 aromatic rings. The fourth-order valence-corrected chi connectivity index (χ4v) is 5.63. The van der Waals surface area contributed by atoms with Crippen LogP contribution in [0.1, 0.15) is 36.9 Å². The fraction of sp³-hybridized carbons (Fsp3) is 0.300. The Morgan fingerprint density at radius 2 is 1.69 bits per heavy atom. The van der Waals surface area contributed by atoms with Crippen LogP contribution in [0.15, 0.2) is 78.9 Å². The lowest BCUT2D eigenvalue weighted by molar-refractivity contribution is -0.137. The first-order valence-electron chi connectivity index (χ1n) is 12.0. The second-order valence-electron chi connectivity index (χ2n) is 9.58. The zero-order valence-electron chi connectivity index (χ0n) is 20.3. The van der Waals surface area contributed by atoms with Crippen LogP contribution in [0.5, 0.6) is 11.5 Å². The normalized spacial score (nSPS) is 23.3. The molecule has 4 nitrogen and oxygen atoms in total. The molecule has 35 heavy (non-hydrogen) atoms. The third-order valence-corrected chi connectivity index (χ3v) is 7.57. The van der Waals surface area contributed by atoms with E-state index in [4.69, 9.17) is 9.47 Å². The predicted octanol–water partition coefficient (Wildman–Crippen LogP) is 6.57. The molecule has 0 unspecified atom stereocenters. The number of allylic oxidation sites excluding steroid dienone is 1. The van der Waals surface area contributed by atoms with Crippen molar-refractivity contribution in [3.63, 3.8) is 0 Å². The van der Waals surface area contributed by atoms with Crippen molar-refractivity contribution in [2.45, 2.75) is 32.4 Å². The van der Waals surface area contributed by atoms with Crippen molar-refractivity contribution in [2.75, 3.05) is 14.2 Å². The smallest absolute Gasteiger partial charge is 0.230 e. The van der Waals surface area contributed by atoms with Crippen molar-refractivity contribution in [1.29, 1.82) is 0 Å². The van der Waals surface area contributed by atoms with Crippen molar-refractivity contribution >= 4 is 5.91 Å². The van der Waals surface area contributed by atoms with Gasteiger partial charge in [-0.05, 0) is 47.7 Å². The highest BCUT2D eigenvalue weighted by atomic mass is 19.1. The number of benzene rings is 3. The molecule has 5 rings (SSSR count). The molecule has 2 aliphatic rings. The van der Waals surface area contributed by atoms with E-state index >= 15 is 4.39 Å². The van der Waals surface area contributed by atoms with E-state index in [0.29, 0.717) is 23.6 Å². The minimum Gasteiger partial charge on any atom is -0.493 e. The molecular formula is C30H30FNO3. The molecule has 1 heterocycles. The standard InChI is InChI=1S/C30H30FNO3/c1-30-16-8-7-11-24(30)28(32(29(30)33)19-20-9-5-4-6-10-20)23-14-12-21(17-25(23)31)22-13-15-26(34-2)27(18-22)35-3/h4-7,9-15,17-18,24,28H,8,16,19H2,1-3H3/t24-,28-,30+/m0/s1. The second-order valence-corrected chi connectivity index (χ2v) is 9.58. The van der Waals surface area contributed by atoms with E-state index in [1.165, 1.54) is 0 Å². The number of hydrogen-bond acceptors (Lipinski definition) is 3. The van der Waals surface area contributed by atoms with Gasteiger partial charge in [-0.2, -0.15) is 0 Å². The Labute approximate surface area is 206 Å². The zero-order valence-corrected chi connectivity index (χ0v) is 20.3. The number of carbonyl (C=O) groups excluding carboxylic acids is 1. The maximum Gasteiger partial charge on any atom is 0.230 e. The monoisotopic (exact) mass is 471 g/mol. The summed E-state index contributed by atoms with van der Waals surface area (Å²) in [7, 11) is 3.17. The fourth-order valence-electron chi connectivity index (χ4n) is 5.63. The molecule has 1 amide bonds. The molecule has 180 valence electrons. The highest BCUT2D eigenvalue weighted by Gasteiger charge is 2.56. The van der Waals surface area contributed by atoms with E-state index in [9.17, 15) is 4.79 Å². The molecule has 0 spiro atoms. The van der Waals surface area contributed by atoms with Crippen LogP contribution in [-0.4, -0.2) is 25.0 Å². The summed E-state index contributed by atoms with van der Waals surface area (Å²) in [5.41, 5.74) is 2.65. The van der Waals surface area contributed by atoms with Gasteiger partial charge in [0.2, 0.25) is 5.91 Å². The maximum absolute atomic E-state index is 15.8. The Bertz CT molecular complexity index is 1270. The number of likely N-dealkylation sites (tertiary alicyclic amines) is 1. The first-order valence-corrected chi connectivity index (χ1v) is 12.0. The van der Waals surface area contributed by atoms with Crippen LogP contribution in [0.2, 0.25) is 0 Å². The van der Waals surface area contributed by atoms with Gasteiger partial charge in [-0.3, -0.25) is 4.79 Å². The number of halogens is 1. The molecule has 1 saturated heterocycles. The Kier molecular flexibility index (Phi) is 6.10. The highest BCUT2D eigenvalue weighted by molar-refractivity contribution is 5.87. The average molecular weight is 472 g/mol. The van der Waals surface area contributed by atoms with E-state index in [1.54, 1.807) is 20.3 Å². The van der Waals surface area contributed by atoms with Gasteiger partial charge in [0.05, 0.1) is 25.7 Å². The van der Waals surface area contributed by atoms with Crippen LogP contribution in [0.3, 0.4) is 0 Å². The van der Waals surface area contributed by atoms with Gasteiger partial charge in [0.1, 0.15) is 5.82 Å². The summed E-state index contributed by atoms with van der Waals surface area (Å²) in [6, 6.07) is 20.4. The van der Waals surface area contributed by atoms with Crippen molar-refractivity contribution in [2.24, 2.45) is 11.3 Å². The molecule has 1 aliphatic carbocycles. The molecule has 1 aliphatic heterocycles. The van der Waals surface area contributed by atoms with Crippen LogP contribution in [-0.2, 0) is 11.3 Å². The van der Waals surface area contributed by atoms with Crippen molar-refractivity contribution in [3.05, 3.63) is 95.8 Å². The van der Waals surface area contributed by atoms with Crippen molar-refractivity contribution in [3.8, 4) is 22.6 Å². The number of methoxy groups -OCH3 is 2. The van der Waals surface area contributed by atoms with Crippen molar-refractivity contribution in [1.82, 2.24) is 4.90 Å². The first-order chi connectivity index (χ1) is 17.0. The number of carbonyl (C=O) groups is 1.